The number of rotatable bonds is 3. The van der Waals surface area contributed by atoms with Gasteiger partial charge in [0.15, 0.2) is 5.13 Å². The van der Waals surface area contributed by atoms with Crippen LogP contribution in [0, 0.1) is 0 Å². The predicted octanol–water partition coefficient (Wildman–Crippen LogP) is 5.58. The summed E-state index contributed by atoms with van der Waals surface area (Å²) in [7, 11) is 0. The summed E-state index contributed by atoms with van der Waals surface area (Å²) in [5.41, 5.74) is 10.2. The fraction of sp³-hybridized carbons (Fsp3) is 0.250. The Morgan fingerprint density at radius 1 is 1.14 bits per heavy atom. The molecule has 0 spiro atoms. The van der Waals surface area contributed by atoms with Gasteiger partial charge < -0.3 is 5.73 Å². The third kappa shape index (κ3) is 3.21. The molecule has 4 aromatic heterocycles. The zero-order chi connectivity index (χ0) is 19.1. The van der Waals surface area contributed by atoms with Gasteiger partial charge >= 0.3 is 0 Å². The SMILES string of the molecule is Nc1c(C(=O)Nc2nc(-c3cccs3)cs2)sc2nc3c(cc12)CCCCC3. The van der Waals surface area contributed by atoms with E-state index in [0.29, 0.717) is 15.7 Å². The number of hydrogen-bond acceptors (Lipinski definition) is 7. The van der Waals surface area contributed by atoms with E-state index in [0.717, 1.165) is 33.6 Å². The van der Waals surface area contributed by atoms with Gasteiger partial charge in [0.1, 0.15) is 9.71 Å². The molecule has 4 aromatic rings. The van der Waals surface area contributed by atoms with Crippen molar-refractivity contribution >= 4 is 61.0 Å². The second-order valence-corrected chi connectivity index (χ2v) is 9.63. The normalized spacial score (nSPS) is 14.0. The number of nitrogens with two attached hydrogens (primary N) is 1. The van der Waals surface area contributed by atoms with E-state index < -0.39 is 0 Å². The summed E-state index contributed by atoms with van der Waals surface area (Å²) in [6, 6.07) is 6.15. The lowest BCUT2D eigenvalue weighted by Crippen LogP contribution is -2.11. The zero-order valence-corrected chi connectivity index (χ0v) is 17.5. The minimum Gasteiger partial charge on any atom is -0.397 e. The van der Waals surface area contributed by atoms with Crippen molar-refractivity contribution in [3.63, 3.8) is 0 Å². The first kappa shape index (κ1) is 17.8. The Balaban J connectivity index is 1.44. The highest BCUT2D eigenvalue weighted by Gasteiger charge is 2.21. The molecule has 3 N–H and O–H groups in total. The fourth-order valence-corrected chi connectivity index (χ4v) is 5.99. The molecule has 0 radical (unpaired) electrons. The summed E-state index contributed by atoms with van der Waals surface area (Å²) < 4.78 is 0. The molecule has 0 aromatic carbocycles. The quantitative estimate of drug-likeness (QED) is 0.419. The number of fused-ring (bicyclic) bond motifs is 2. The van der Waals surface area contributed by atoms with E-state index in [1.807, 2.05) is 22.9 Å². The van der Waals surface area contributed by atoms with Crippen LogP contribution in [0.25, 0.3) is 20.8 Å². The Morgan fingerprint density at radius 2 is 2.04 bits per heavy atom. The average molecular weight is 427 g/mol. The van der Waals surface area contributed by atoms with E-state index in [4.69, 9.17) is 10.7 Å². The topological polar surface area (TPSA) is 80.9 Å². The summed E-state index contributed by atoms with van der Waals surface area (Å²) in [4.78, 5) is 24.6. The number of thiazole rings is 1. The molecule has 8 heteroatoms. The van der Waals surface area contributed by atoms with Crippen molar-refractivity contribution in [2.24, 2.45) is 0 Å². The van der Waals surface area contributed by atoms with Gasteiger partial charge in [0.25, 0.3) is 5.91 Å². The van der Waals surface area contributed by atoms with Crippen LogP contribution in [-0.4, -0.2) is 15.9 Å². The second-order valence-electron chi connectivity index (χ2n) is 6.82. The smallest absolute Gasteiger partial charge is 0.269 e. The van der Waals surface area contributed by atoms with Gasteiger partial charge in [0, 0.05) is 16.5 Å². The van der Waals surface area contributed by atoms with Crippen molar-refractivity contribution in [2.45, 2.75) is 32.1 Å². The summed E-state index contributed by atoms with van der Waals surface area (Å²) in [6.07, 6.45) is 5.66. The molecule has 28 heavy (non-hydrogen) atoms. The van der Waals surface area contributed by atoms with Crippen molar-refractivity contribution in [1.29, 1.82) is 0 Å². The molecule has 0 saturated carbocycles. The zero-order valence-electron chi connectivity index (χ0n) is 15.0. The van der Waals surface area contributed by atoms with Crippen LogP contribution < -0.4 is 11.1 Å². The maximum absolute atomic E-state index is 12.8. The number of aromatic nitrogens is 2. The molecule has 0 fully saturated rings. The molecule has 0 bridgehead atoms. The van der Waals surface area contributed by atoms with Crippen LogP contribution in [0.1, 0.15) is 40.2 Å². The first-order chi connectivity index (χ1) is 13.7. The number of nitrogens with zero attached hydrogens (tertiary/aromatic N) is 2. The molecular weight excluding hydrogens is 408 g/mol. The lowest BCUT2D eigenvalue weighted by molar-refractivity contribution is 0.103. The number of nitrogen functional groups attached to an aromatic ring is 1. The first-order valence-corrected chi connectivity index (χ1v) is 11.8. The Labute approximate surface area is 174 Å². The van der Waals surface area contributed by atoms with Gasteiger partial charge in [-0.15, -0.1) is 34.0 Å². The van der Waals surface area contributed by atoms with E-state index in [1.54, 1.807) is 11.3 Å². The third-order valence-corrected chi connectivity index (χ3v) is 7.72. The number of nitrogens with one attached hydrogen (secondary N) is 1. The first-order valence-electron chi connectivity index (χ1n) is 9.20. The molecule has 5 nitrogen and oxygen atoms in total. The Hall–Kier alpha value is -2.29. The average Bonchev–Trinajstić information content (AvgIpc) is 3.39. The molecule has 0 atom stereocenters. The summed E-state index contributed by atoms with van der Waals surface area (Å²) >= 11 is 4.41. The van der Waals surface area contributed by atoms with Crippen LogP contribution in [0.2, 0.25) is 0 Å². The Kier molecular flexibility index (Phi) is 4.62. The van der Waals surface area contributed by atoms with Crippen molar-refractivity contribution in [3.05, 3.63) is 45.1 Å². The highest BCUT2D eigenvalue weighted by molar-refractivity contribution is 7.21. The molecule has 0 saturated heterocycles. The molecule has 1 amide bonds. The van der Waals surface area contributed by atoms with Gasteiger partial charge in [0.05, 0.1) is 16.3 Å². The number of aryl methyl sites for hydroxylation is 2. The maximum Gasteiger partial charge on any atom is 0.269 e. The van der Waals surface area contributed by atoms with Gasteiger partial charge in [0.2, 0.25) is 0 Å². The van der Waals surface area contributed by atoms with Crippen molar-refractivity contribution in [2.75, 3.05) is 11.1 Å². The van der Waals surface area contributed by atoms with Gasteiger partial charge in [-0.2, -0.15) is 0 Å². The van der Waals surface area contributed by atoms with Crippen LogP contribution in [0.4, 0.5) is 10.8 Å². The van der Waals surface area contributed by atoms with Gasteiger partial charge in [-0.05, 0) is 48.8 Å². The van der Waals surface area contributed by atoms with Crippen LogP contribution >= 0.6 is 34.0 Å². The number of thiophene rings is 2. The van der Waals surface area contributed by atoms with Crippen molar-refractivity contribution in [3.8, 4) is 10.6 Å². The van der Waals surface area contributed by atoms with Gasteiger partial charge in [-0.3, -0.25) is 10.1 Å². The third-order valence-electron chi connectivity index (χ3n) is 4.95. The van der Waals surface area contributed by atoms with E-state index in [2.05, 4.69) is 16.4 Å². The highest BCUT2D eigenvalue weighted by atomic mass is 32.1. The van der Waals surface area contributed by atoms with Crippen LogP contribution in [0.5, 0.6) is 0 Å². The largest absolute Gasteiger partial charge is 0.397 e. The number of hydrogen-bond donors (Lipinski definition) is 2. The lowest BCUT2D eigenvalue weighted by Gasteiger charge is -2.04. The molecular formula is C20H18N4OS3. The molecule has 1 aliphatic rings. The number of anilines is 2. The van der Waals surface area contributed by atoms with Crippen LogP contribution in [-0.2, 0) is 12.8 Å². The second kappa shape index (κ2) is 7.27. The summed E-state index contributed by atoms with van der Waals surface area (Å²) in [5, 5.41) is 8.34. The minimum absolute atomic E-state index is 0.220. The van der Waals surface area contributed by atoms with Crippen molar-refractivity contribution in [1.82, 2.24) is 9.97 Å². The van der Waals surface area contributed by atoms with E-state index in [9.17, 15) is 4.79 Å². The van der Waals surface area contributed by atoms with E-state index in [-0.39, 0.29) is 5.91 Å². The van der Waals surface area contributed by atoms with E-state index >= 15 is 0 Å². The number of pyridine rings is 1. The number of amides is 1. The minimum atomic E-state index is -0.220. The van der Waals surface area contributed by atoms with Gasteiger partial charge in [-0.25, -0.2) is 9.97 Å². The van der Waals surface area contributed by atoms with Crippen molar-refractivity contribution < 1.29 is 4.79 Å². The predicted molar refractivity (Wildman–Crippen MR) is 119 cm³/mol. The summed E-state index contributed by atoms with van der Waals surface area (Å²) in [6.45, 7) is 0. The Morgan fingerprint density at radius 3 is 2.89 bits per heavy atom. The number of carbonyl (C=O) groups excluding carboxylic acids is 1. The molecule has 5 rings (SSSR count). The maximum atomic E-state index is 12.8. The molecule has 4 heterocycles. The highest BCUT2D eigenvalue weighted by Crippen LogP contribution is 2.36. The molecule has 0 aliphatic heterocycles. The standard InChI is InChI=1S/C20H18N4OS3/c21-16-12-9-11-5-2-1-3-6-13(11)22-19(12)28-17(16)18(25)24-20-23-14(10-27-20)15-7-4-8-26-15/h4,7-10H,1-3,5-6,21H2,(H,23,24,25). The fourth-order valence-electron chi connectivity index (χ4n) is 3.53. The van der Waals surface area contributed by atoms with Gasteiger partial charge in [-0.1, -0.05) is 12.5 Å². The summed E-state index contributed by atoms with van der Waals surface area (Å²) in [5.74, 6) is -0.220. The van der Waals surface area contributed by atoms with Crippen LogP contribution in [0.3, 0.4) is 0 Å². The lowest BCUT2D eigenvalue weighted by atomic mass is 10.1. The van der Waals surface area contributed by atoms with E-state index in [1.165, 1.54) is 53.2 Å². The molecule has 1 aliphatic carbocycles. The Bertz CT molecular complexity index is 1160. The molecule has 142 valence electrons. The number of carbonyl (C=O) groups is 1. The molecule has 0 unspecified atom stereocenters. The van der Waals surface area contributed by atoms with Crippen LogP contribution in [0.15, 0.2) is 29.0 Å². The monoisotopic (exact) mass is 426 g/mol.